The largest absolute Gasteiger partial charge is 0.490 e. The summed E-state index contributed by atoms with van der Waals surface area (Å²) in [5.74, 6) is -1.85. The predicted molar refractivity (Wildman–Crippen MR) is 130 cm³/mol. The normalized spacial score (nSPS) is 11.2. The molecule has 36 heavy (non-hydrogen) atoms. The average Bonchev–Trinajstić information content (AvgIpc) is 3.20. The van der Waals surface area contributed by atoms with E-state index in [1.807, 2.05) is 13.8 Å². The van der Waals surface area contributed by atoms with Crippen LogP contribution in [0.15, 0.2) is 36.5 Å². The number of aryl methyl sites for hydroxylation is 1. The molecule has 0 saturated carbocycles. The fourth-order valence-corrected chi connectivity index (χ4v) is 3.69. The molecule has 3 N–H and O–H groups in total. The van der Waals surface area contributed by atoms with Crippen LogP contribution in [0.3, 0.4) is 0 Å². The van der Waals surface area contributed by atoms with Gasteiger partial charge in [-0.2, -0.15) is 4.98 Å². The van der Waals surface area contributed by atoms with Crippen LogP contribution in [0, 0.1) is 24.5 Å². The number of carbonyl (C=O) groups excluding carboxylic acids is 1. The maximum absolute atomic E-state index is 14.4. The van der Waals surface area contributed by atoms with E-state index in [1.165, 1.54) is 11.6 Å². The number of benzene rings is 1. The van der Waals surface area contributed by atoms with Crippen LogP contribution >= 0.6 is 0 Å². The number of rotatable bonds is 8. The third-order valence-electron chi connectivity index (χ3n) is 5.37. The van der Waals surface area contributed by atoms with Crippen molar-refractivity contribution in [3.8, 4) is 22.8 Å². The molecular weight excluding hydrogens is 470 g/mol. The lowest BCUT2D eigenvalue weighted by atomic mass is 10.0. The van der Waals surface area contributed by atoms with E-state index in [4.69, 9.17) is 15.2 Å². The van der Waals surface area contributed by atoms with Gasteiger partial charge in [-0.05, 0) is 42.7 Å². The van der Waals surface area contributed by atoms with Crippen LogP contribution in [0.1, 0.15) is 35.5 Å². The highest BCUT2D eigenvalue weighted by Gasteiger charge is 2.20. The van der Waals surface area contributed by atoms with Gasteiger partial charge in [-0.1, -0.05) is 13.8 Å². The Hall–Kier alpha value is -4.28. The zero-order valence-corrected chi connectivity index (χ0v) is 20.3. The lowest BCUT2D eigenvalue weighted by molar-refractivity contribution is 0.0946. The van der Waals surface area contributed by atoms with E-state index >= 15 is 0 Å². The second-order valence-corrected chi connectivity index (χ2v) is 8.63. The molecule has 0 radical (unpaired) electrons. The van der Waals surface area contributed by atoms with E-state index < -0.39 is 17.5 Å². The van der Waals surface area contributed by atoms with Crippen LogP contribution in [0.5, 0.6) is 11.6 Å². The number of hydrogen-bond donors (Lipinski definition) is 2. The number of ether oxygens (including phenoxy) is 2. The molecule has 188 valence electrons. The van der Waals surface area contributed by atoms with Crippen LogP contribution in [0.2, 0.25) is 0 Å². The first-order valence-electron chi connectivity index (χ1n) is 11.2. The van der Waals surface area contributed by atoms with Crippen molar-refractivity contribution in [3.63, 3.8) is 0 Å². The van der Waals surface area contributed by atoms with Crippen molar-refractivity contribution in [2.24, 2.45) is 5.92 Å². The third-order valence-corrected chi connectivity index (χ3v) is 5.37. The number of nitrogen functional groups attached to an aromatic ring is 1. The quantitative estimate of drug-likeness (QED) is 0.380. The zero-order valence-electron chi connectivity index (χ0n) is 20.3. The minimum Gasteiger partial charge on any atom is -0.490 e. The number of nitrogens with two attached hydrogens (primary N) is 1. The minimum absolute atomic E-state index is 0.0963. The molecule has 1 amide bonds. The summed E-state index contributed by atoms with van der Waals surface area (Å²) in [6.45, 7) is 5.68. The molecule has 3 heterocycles. The molecule has 0 fully saturated rings. The number of halogens is 2. The second-order valence-electron chi connectivity index (χ2n) is 8.63. The highest BCUT2D eigenvalue weighted by Crippen LogP contribution is 2.29. The van der Waals surface area contributed by atoms with Gasteiger partial charge in [0.25, 0.3) is 5.91 Å². The van der Waals surface area contributed by atoms with Gasteiger partial charge in [-0.15, -0.1) is 5.10 Å². The van der Waals surface area contributed by atoms with Crippen molar-refractivity contribution in [1.29, 1.82) is 0 Å². The Balaban J connectivity index is 1.64. The summed E-state index contributed by atoms with van der Waals surface area (Å²) in [4.78, 5) is 21.7. The minimum atomic E-state index is -0.832. The van der Waals surface area contributed by atoms with Gasteiger partial charge in [0.15, 0.2) is 17.2 Å². The van der Waals surface area contributed by atoms with E-state index in [1.54, 1.807) is 31.3 Å². The van der Waals surface area contributed by atoms with Gasteiger partial charge >= 0.3 is 0 Å². The molecule has 0 unspecified atom stereocenters. The molecule has 11 heteroatoms. The number of carbonyl (C=O) groups is 1. The van der Waals surface area contributed by atoms with Crippen molar-refractivity contribution in [2.45, 2.75) is 27.3 Å². The van der Waals surface area contributed by atoms with Crippen LogP contribution in [0.4, 0.5) is 14.7 Å². The Morgan fingerprint density at radius 1 is 1.19 bits per heavy atom. The smallest absolute Gasteiger partial charge is 0.257 e. The molecule has 0 saturated heterocycles. The Morgan fingerprint density at radius 2 is 1.97 bits per heavy atom. The third kappa shape index (κ3) is 5.19. The Bertz CT molecular complexity index is 1440. The first-order chi connectivity index (χ1) is 17.2. The highest BCUT2D eigenvalue weighted by molar-refractivity contribution is 5.97. The van der Waals surface area contributed by atoms with Gasteiger partial charge in [0, 0.05) is 35.6 Å². The number of nitrogens with one attached hydrogen (secondary N) is 1. The number of nitrogens with zero attached hydrogens (tertiary/aromatic N) is 4. The average molecular weight is 497 g/mol. The van der Waals surface area contributed by atoms with E-state index in [-0.39, 0.29) is 47.8 Å². The zero-order chi connectivity index (χ0) is 26.0. The van der Waals surface area contributed by atoms with Gasteiger partial charge < -0.3 is 20.5 Å². The maximum Gasteiger partial charge on any atom is 0.257 e. The topological polar surface area (TPSA) is 117 Å². The van der Waals surface area contributed by atoms with Crippen LogP contribution in [-0.4, -0.2) is 39.2 Å². The second kappa shape index (κ2) is 10.1. The number of pyridine rings is 2. The van der Waals surface area contributed by atoms with Crippen LogP contribution in [0.25, 0.3) is 16.8 Å². The molecule has 0 aliphatic heterocycles. The van der Waals surface area contributed by atoms with Crippen molar-refractivity contribution in [2.75, 3.05) is 19.5 Å². The van der Waals surface area contributed by atoms with Crippen molar-refractivity contribution in [1.82, 2.24) is 24.9 Å². The van der Waals surface area contributed by atoms with E-state index in [0.29, 0.717) is 16.9 Å². The van der Waals surface area contributed by atoms with Crippen molar-refractivity contribution < 1.29 is 23.0 Å². The molecule has 0 aliphatic rings. The summed E-state index contributed by atoms with van der Waals surface area (Å²) in [7, 11) is 1.41. The molecule has 0 bridgehead atoms. The van der Waals surface area contributed by atoms with Gasteiger partial charge in [-0.3, -0.25) is 4.79 Å². The molecule has 3 aromatic heterocycles. The summed E-state index contributed by atoms with van der Waals surface area (Å²) in [5, 5.41) is 6.75. The van der Waals surface area contributed by atoms with Crippen molar-refractivity contribution >= 4 is 17.5 Å². The molecule has 9 nitrogen and oxygen atoms in total. The number of methoxy groups -OCH3 is 1. The summed E-state index contributed by atoms with van der Waals surface area (Å²) >= 11 is 0. The molecule has 1 aromatic carbocycles. The number of hydrogen-bond acceptors (Lipinski definition) is 7. The first kappa shape index (κ1) is 24.8. The van der Waals surface area contributed by atoms with Crippen LogP contribution < -0.4 is 20.5 Å². The summed E-state index contributed by atoms with van der Waals surface area (Å²) in [6, 6.07) is 7.10. The number of fused-ring (bicyclic) bond motifs is 1. The standard InChI is InChI=1S/C25H26F2N6O3/c1-13(2)12-36-22-16(7-17(26)9-20(22)27)11-29-23(34)19-10-18(14(3)30-24(19)35-4)15-5-6-33-21(8-15)31-25(28)32-33/h5-10,13H,11-12H2,1-4H3,(H2,28,32)(H,29,34). The monoisotopic (exact) mass is 496 g/mol. The van der Waals surface area contributed by atoms with Gasteiger partial charge in [0.05, 0.1) is 13.7 Å². The fraction of sp³-hybridized carbons (Fsp3) is 0.280. The lowest BCUT2D eigenvalue weighted by Gasteiger charge is -2.16. The molecule has 0 spiro atoms. The van der Waals surface area contributed by atoms with Crippen molar-refractivity contribution in [3.05, 3.63) is 65.0 Å². The highest BCUT2D eigenvalue weighted by atomic mass is 19.1. The summed E-state index contributed by atoms with van der Waals surface area (Å²) < 4.78 is 40.7. The van der Waals surface area contributed by atoms with E-state index in [0.717, 1.165) is 17.7 Å². The predicted octanol–water partition coefficient (Wildman–Crippen LogP) is 3.93. The maximum atomic E-state index is 14.4. The SMILES string of the molecule is COc1nc(C)c(-c2ccn3nc(N)nc3c2)cc1C(=O)NCc1cc(F)cc(F)c1OCC(C)C. The van der Waals surface area contributed by atoms with Gasteiger partial charge in [0.2, 0.25) is 11.8 Å². The number of amides is 1. The summed E-state index contributed by atoms with van der Waals surface area (Å²) in [5.41, 5.74) is 8.57. The Kier molecular flexibility index (Phi) is 7.00. The number of anilines is 1. The molecule has 0 atom stereocenters. The lowest BCUT2D eigenvalue weighted by Crippen LogP contribution is -2.24. The molecule has 4 aromatic rings. The fourth-order valence-electron chi connectivity index (χ4n) is 3.69. The van der Waals surface area contributed by atoms with E-state index in [9.17, 15) is 13.6 Å². The molecule has 4 rings (SSSR count). The van der Waals surface area contributed by atoms with Gasteiger partial charge in [0.1, 0.15) is 11.4 Å². The van der Waals surface area contributed by atoms with E-state index in [2.05, 4.69) is 20.4 Å². The van der Waals surface area contributed by atoms with Crippen LogP contribution in [-0.2, 0) is 6.54 Å². The Morgan fingerprint density at radius 3 is 2.69 bits per heavy atom. The molecule has 0 aliphatic carbocycles. The molecular formula is C25H26F2N6O3. The number of aromatic nitrogens is 4. The Labute approximate surface area is 206 Å². The first-order valence-corrected chi connectivity index (χ1v) is 11.2. The summed E-state index contributed by atoms with van der Waals surface area (Å²) in [6.07, 6.45) is 1.70. The van der Waals surface area contributed by atoms with Gasteiger partial charge in [-0.25, -0.2) is 18.3 Å².